The van der Waals surface area contributed by atoms with Gasteiger partial charge in [0.15, 0.2) is 0 Å². The van der Waals surface area contributed by atoms with E-state index < -0.39 is 0 Å². The number of carbonyl (C=O) groups is 1. The average molecular weight is 380 g/mol. The van der Waals surface area contributed by atoms with Gasteiger partial charge in [-0.3, -0.25) is 4.79 Å². The van der Waals surface area contributed by atoms with Gasteiger partial charge in [-0.2, -0.15) is 0 Å². The van der Waals surface area contributed by atoms with Gasteiger partial charge < -0.3 is 18.8 Å². The second-order valence-electron chi connectivity index (χ2n) is 6.35. The zero-order valence-corrected chi connectivity index (χ0v) is 16.3. The molecule has 0 aliphatic rings. The molecule has 0 aliphatic carbocycles. The maximum Gasteiger partial charge on any atom is 0.232 e. The van der Waals surface area contributed by atoms with Gasteiger partial charge in [-0.15, -0.1) is 0 Å². The highest BCUT2D eigenvalue weighted by molar-refractivity contribution is 5.94. The van der Waals surface area contributed by atoms with Crippen LogP contribution in [0.2, 0.25) is 0 Å². The van der Waals surface area contributed by atoms with E-state index in [4.69, 9.17) is 13.9 Å². The zero-order valence-electron chi connectivity index (χ0n) is 16.3. The number of hydrogen-bond donors (Lipinski definition) is 0. The monoisotopic (exact) mass is 380 g/mol. The molecule has 0 unspecified atom stereocenters. The maximum atomic E-state index is 12.7. The number of aromatic nitrogens is 1. The molecule has 0 N–H and O–H groups in total. The summed E-state index contributed by atoms with van der Waals surface area (Å²) in [6, 6.07) is 17.0. The second kappa shape index (κ2) is 9.19. The fourth-order valence-corrected chi connectivity index (χ4v) is 2.71. The van der Waals surface area contributed by atoms with E-state index >= 15 is 0 Å². The van der Waals surface area contributed by atoms with E-state index in [0.717, 1.165) is 17.0 Å². The Balaban J connectivity index is 1.65. The number of hydrogen-bond acceptors (Lipinski definition) is 5. The van der Waals surface area contributed by atoms with Crippen molar-refractivity contribution < 1.29 is 18.7 Å². The first-order valence-electron chi connectivity index (χ1n) is 9.08. The molecule has 6 nitrogen and oxygen atoms in total. The van der Waals surface area contributed by atoms with Crippen molar-refractivity contribution in [1.82, 2.24) is 4.98 Å². The lowest BCUT2D eigenvalue weighted by Gasteiger charge is -2.17. The summed E-state index contributed by atoms with van der Waals surface area (Å²) in [5, 5.41) is 0. The predicted octanol–water partition coefficient (Wildman–Crippen LogP) is 3.88. The Kier molecular flexibility index (Phi) is 6.45. The normalized spacial score (nSPS) is 10.7. The molecule has 0 saturated carbocycles. The van der Waals surface area contributed by atoms with Crippen LogP contribution in [-0.4, -0.2) is 38.3 Å². The summed E-state index contributed by atoms with van der Waals surface area (Å²) in [7, 11) is 3.38. The molecule has 0 atom stereocenters. The highest BCUT2D eigenvalue weighted by Gasteiger charge is 2.18. The van der Waals surface area contributed by atoms with Gasteiger partial charge in [0.05, 0.1) is 18.7 Å². The average Bonchev–Trinajstić information content (AvgIpc) is 3.09. The van der Waals surface area contributed by atoms with Crippen LogP contribution in [0, 0.1) is 6.92 Å². The fraction of sp³-hybridized carbons (Fsp3) is 0.273. The van der Waals surface area contributed by atoms with Crippen molar-refractivity contribution in [2.75, 3.05) is 32.3 Å². The lowest BCUT2D eigenvalue weighted by atomic mass is 10.2. The van der Waals surface area contributed by atoms with E-state index in [9.17, 15) is 4.79 Å². The summed E-state index contributed by atoms with van der Waals surface area (Å²) in [6.45, 7) is 2.84. The van der Waals surface area contributed by atoms with Gasteiger partial charge in [-0.25, -0.2) is 4.98 Å². The summed E-state index contributed by atoms with van der Waals surface area (Å²) >= 11 is 0. The lowest BCUT2D eigenvalue weighted by Crippen LogP contribution is -2.28. The number of aryl methyl sites for hydroxylation is 1. The van der Waals surface area contributed by atoms with E-state index in [0.29, 0.717) is 30.6 Å². The third kappa shape index (κ3) is 4.78. The molecule has 3 rings (SSSR count). The van der Waals surface area contributed by atoms with Crippen LogP contribution in [0.1, 0.15) is 11.5 Å². The van der Waals surface area contributed by atoms with Crippen molar-refractivity contribution >= 4 is 11.6 Å². The summed E-state index contributed by atoms with van der Waals surface area (Å²) < 4.78 is 16.2. The molecular weight excluding hydrogens is 356 g/mol. The van der Waals surface area contributed by atoms with Gasteiger partial charge in [-0.05, 0) is 43.3 Å². The second-order valence-corrected chi connectivity index (χ2v) is 6.35. The molecule has 1 amide bonds. The molecular formula is C22H24N2O4. The topological polar surface area (TPSA) is 64.8 Å². The molecule has 28 heavy (non-hydrogen) atoms. The first-order valence-corrected chi connectivity index (χ1v) is 9.08. The number of ether oxygens (including phenoxy) is 2. The molecule has 1 aromatic heterocycles. The quantitative estimate of drug-likeness (QED) is 0.555. The van der Waals surface area contributed by atoms with Crippen LogP contribution in [0.25, 0.3) is 11.5 Å². The summed E-state index contributed by atoms with van der Waals surface area (Å²) in [4.78, 5) is 18.8. The van der Waals surface area contributed by atoms with Crippen LogP contribution in [-0.2, 0) is 16.0 Å². The molecule has 0 fully saturated rings. The van der Waals surface area contributed by atoms with Crippen molar-refractivity contribution in [1.29, 1.82) is 0 Å². The summed E-state index contributed by atoms with van der Waals surface area (Å²) in [5.41, 5.74) is 2.32. The number of nitrogens with zero attached hydrogens (tertiary/aromatic N) is 2. The van der Waals surface area contributed by atoms with Crippen LogP contribution in [0.3, 0.4) is 0 Å². The van der Waals surface area contributed by atoms with E-state index in [1.807, 2.05) is 61.5 Å². The zero-order chi connectivity index (χ0) is 19.9. The maximum absolute atomic E-state index is 12.7. The molecule has 0 saturated heterocycles. The molecule has 1 heterocycles. The van der Waals surface area contributed by atoms with Crippen molar-refractivity contribution in [2.24, 2.45) is 0 Å². The smallest absolute Gasteiger partial charge is 0.232 e. The SMILES string of the molecule is COCCOc1ccc(N(C)C(=O)Cc2nc(-c3ccccc3)oc2C)cc1. The predicted molar refractivity (Wildman–Crippen MR) is 108 cm³/mol. The van der Waals surface area contributed by atoms with Crippen molar-refractivity contribution in [3.8, 4) is 17.2 Å². The van der Waals surface area contributed by atoms with Crippen molar-refractivity contribution in [3.63, 3.8) is 0 Å². The van der Waals surface area contributed by atoms with Crippen LogP contribution >= 0.6 is 0 Å². The van der Waals surface area contributed by atoms with Gasteiger partial charge in [0.1, 0.15) is 18.1 Å². The molecule has 3 aromatic rings. The fourth-order valence-electron chi connectivity index (χ4n) is 2.71. The first kappa shape index (κ1) is 19.6. The molecule has 0 bridgehead atoms. The van der Waals surface area contributed by atoms with E-state index in [2.05, 4.69) is 4.98 Å². The standard InChI is InChI=1S/C22H24N2O4/c1-16-20(23-22(28-16)17-7-5-4-6-8-17)15-21(25)24(2)18-9-11-19(12-10-18)27-14-13-26-3/h4-12H,13-15H2,1-3H3. The number of methoxy groups -OCH3 is 1. The molecule has 2 aromatic carbocycles. The number of rotatable bonds is 8. The van der Waals surface area contributed by atoms with Crippen LogP contribution in [0.4, 0.5) is 5.69 Å². The third-order valence-electron chi connectivity index (χ3n) is 4.39. The van der Waals surface area contributed by atoms with Crippen molar-refractivity contribution in [2.45, 2.75) is 13.3 Å². The first-order chi connectivity index (χ1) is 13.6. The minimum absolute atomic E-state index is 0.0657. The van der Waals surface area contributed by atoms with Gasteiger partial charge in [0, 0.05) is 25.4 Å². The number of likely N-dealkylation sites (N-methyl/N-ethyl adjacent to an activating group) is 1. The molecule has 0 aliphatic heterocycles. The summed E-state index contributed by atoms with van der Waals surface area (Å²) in [6.07, 6.45) is 0.171. The molecule has 6 heteroatoms. The van der Waals surface area contributed by atoms with E-state index in [1.54, 1.807) is 19.1 Å². The Morgan fingerprint density at radius 2 is 1.79 bits per heavy atom. The van der Waals surface area contributed by atoms with E-state index in [1.165, 1.54) is 0 Å². The molecule has 0 spiro atoms. The van der Waals surface area contributed by atoms with Crippen LogP contribution in [0.15, 0.2) is 59.0 Å². The molecule has 0 radical (unpaired) electrons. The number of benzene rings is 2. The summed E-state index contributed by atoms with van der Waals surface area (Å²) in [5.74, 6) is 1.86. The van der Waals surface area contributed by atoms with Gasteiger partial charge in [0.25, 0.3) is 0 Å². The Labute approximate surface area is 164 Å². The van der Waals surface area contributed by atoms with Gasteiger partial charge in [-0.1, -0.05) is 18.2 Å². The van der Waals surface area contributed by atoms with Crippen molar-refractivity contribution in [3.05, 3.63) is 66.1 Å². The third-order valence-corrected chi connectivity index (χ3v) is 4.39. The van der Waals surface area contributed by atoms with Crippen LogP contribution in [0.5, 0.6) is 5.75 Å². The number of amides is 1. The largest absolute Gasteiger partial charge is 0.491 e. The Morgan fingerprint density at radius 1 is 1.07 bits per heavy atom. The number of carbonyl (C=O) groups excluding carboxylic acids is 1. The highest BCUT2D eigenvalue weighted by atomic mass is 16.5. The minimum atomic E-state index is -0.0657. The Morgan fingerprint density at radius 3 is 2.46 bits per heavy atom. The Bertz CT molecular complexity index is 904. The lowest BCUT2D eigenvalue weighted by molar-refractivity contribution is -0.117. The minimum Gasteiger partial charge on any atom is -0.491 e. The van der Waals surface area contributed by atoms with Crippen LogP contribution < -0.4 is 9.64 Å². The highest BCUT2D eigenvalue weighted by Crippen LogP contribution is 2.23. The van der Waals surface area contributed by atoms with Gasteiger partial charge in [0.2, 0.25) is 11.8 Å². The Hall–Kier alpha value is -3.12. The number of oxazole rings is 1. The van der Waals surface area contributed by atoms with Gasteiger partial charge >= 0.3 is 0 Å². The number of anilines is 1. The molecule has 146 valence electrons. The van der Waals surface area contributed by atoms with E-state index in [-0.39, 0.29) is 12.3 Å².